The fourth-order valence-corrected chi connectivity index (χ4v) is 2.73. The van der Waals surface area contributed by atoms with Crippen molar-refractivity contribution >= 4 is 0 Å². The molecule has 1 rings (SSSR count). The van der Waals surface area contributed by atoms with Crippen molar-refractivity contribution in [3.8, 4) is 0 Å². The molecular formula is C26H47N3. The maximum Gasteiger partial charge on any atom is 0.00746 e. The number of benzene rings is 1. The number of allylic oxidation sites excluding steroid dienone is 5. The van der Waals surface area contributed by atoms with Gasteiger partial charge in [0.25, 0.3) is 0 Å². The summed E-state index contributed by atoms with van der Waals surface area (Å²) in [5.41, 5.74) is 13.4. The number of aryl methyl sites for hydroxylation is 1. The summed E-state index contributed by atoms with van der Waals surface area (Å²) in [5.74, 6) is 0.667. The molecule has 0 spiro atoms. The highest BCUT2D eigenvalue weighted by molar-refractivity contribution is 5.22. The standard InChI is InChI=1S/C21H32N2.C3H9N.C2H6/c1-3-8-19(9-4-2)12-14-21(18-23-17-16-22)15-13-20-10-6-5-7-11-20;1-2-3-4;1-2/h3-11,21,23H,1,12-18,22H2,2H3;2-4H2,1H3;1-2H3/b9-4-,19-8+;;. The molecule has 3 heteroatoms. The van der Waals surface area contributed by atoms with Crippen LogP contribution in [0.1, 0.15) is 58.9 Å². The van der Waals surface area contributed by atoms with Crippen molar-refractivity contribution in [3.63, 3.8) is 0 Å². The average molecular weight is 402 g/mol. The first-order chi connectivity index (χ1) is 14.2. The maximum absolute atomic E-state index is 5.59. The largest absolute Gasteiger partial charge is 0.330 e. The number of hydrogen-bond donors (Lipinski definition) is 3. The quantitative estimate of drug-likeness (QED) is 0.296. The van der Waals surface area contributed by atoms with Gasteiger partial charge in [-0.1, -0.05) is 82.0 Å². The Bertz CT molecular complexity index is 504. The van der Waals surface area contributed by atoms with Gasteiger partial charge in [-0.05, 0) is 69.2 Å². The molecule has 0 radical (unpaired) electrons. The molecule has 0 saturated carbocycles. The van der Waals surface area contributed by atoms with Crippen LogP contribution in [0, 0.1) is 5.92 Å². The van der Waals surface area contributed by atoms with Crippen molar-refractivity contribution < 1.29 is 0 Å². The predicted octanol–water partition coefficient (Wildman–Crippen LogP) is 5.63. The van der Waals surface area contributed by atoms with E-state index in [4.69, 9.17) is 11.5 Å². The van der Waals surface area contributed by atoms with Gasteiger partial charge in [-0.2, -0.15) is 0 Å². The zero-order valence-electron chi connectivity index (χ0n) is 19.5. The van der Waals surface area contributed by atoms with Gasteiger partial charge < -0.3 is 16.8 Å². The minimum Gasteiger partial charge on any atom is -0.330 e. The summed E-state index contributed by atoms with van der Waals surface area (Å²) in [7, 11) is 0. The molecule has 1 aromatic rings. The fraction of sp³-hybridized carbons (Fsp3) is 0.538. The Morgan fingerprint density at radius 3 is 2.28 bits per heavy atom. The van der Waals surface area contributed by atoms with Gasteiger partial charge in [0.05, 0.1) is 0 Å². The van der Waals surface area contributed by atoms with Crippen LogP contribution in [0.3, 0.4) is 0 Å². The summed E-state index contributed by atoms with van der Waals surface area (Å²) < 4.78 is 0. The maximum atomic E-state index is 5.59. The lowest BCUT2D eigenvalue weighted by Crippen LogP contribution is -2.28. The summed E-state index contributed by atoms with van der Waals surface area (Å²) >= 11 is 0. The van der Waals surface area contributed by atoms with Crippen molar-refractivity contribution in [2.75, 3.05) is 26.2 Å². The number of nitrogens with one attached hydrogen (secondary N) is 1. The van der Waals surface area contributed by atoms with Crippen LogP contribution in [-0.2, 0) is 6.42 Å². The van der Waals surface area contributed by atoms with Gasteiger partial charge in [0, 0.05) is 13.1 Å². The van der Waals surface area contributed by atoms with E-state index in [2.05, 4.69) is 74.3 Å². The van der Waals surface area contributed by atoms with Crippen molar-refractivity contribution in [1.29, 1.82) is 0 Å². The second kappa shape index (κ2) is 24.4. The lowest BCUT2D eigenvalue weighted by molar-refractivity contribution is 0.421. The van der Waals surface area contributed by atoms with E-state index in [9.17, 15) is 0 Å². The molecule has 1 unspecified atom stereocenters. The smallest absolute Gasteiger partial charge is 0.00746 e. The van der Waals surface area contributed by atoms with Gasteiger partial charge in [-0.15, -0.1) is 0 Å². The molecule has 0 aromatic heterocycles. The predicted molar refractivity (Wildman–Crippen MR) is 133 cm³/mol. The van der Waals surface area contributed by atoms with Crippen LogP contribution in [0.25, 0.3) is 0 Å². The van der Waals surface area contributed by atoms with Crippen LogP contribution in [-0.4, -0.2) is 26.2 Å². The highest BCUT2D eigenvalue weighted by Crippen LogP contribution is 2.18. The molecule has 166 valence electrons. The molecule has 0 aliphatic rings. The van der Waals surface area contributed by atoms with Crippen molar-refractivity contribution in [3.05, 3.63) is 72.4 Å². The molecule has 0 heterocycles. The molecule has 0 amide bonds. The first kappa shape index (κ1) is 29.5. The molecule has 0 aliphatic heterocycles. The number of rotatable bonds is 13. The first-order valence-electron chi connectivity index (χ1n) is 11.3. The van der Waals surface area contributed by atoms with E-state index in [-0.39, 0.29) is 0 Å². The Hall–Kier alpha value is -1.68. The van der Waals surface area contributed by atoms with E-state index in [1.54, 1.807) is 0 Å². The summed E-state index contributed by atoms with van der Waals surface area (Å²) in [6.07, 6.45) is 14.0. The zero-order chi connectivity index (χ0) is 22.2. The molecular weight excluding hydrogens is 354 g/mol. The Morgan fingerprint density at radius 2 is 1.76 bits per heavy atom. The second-order valence-electron chi connectivity index (χ2n) is 6.69. The summed E-state index contributed by atoms with van der Waals surface area (Å²) in [6, 6.07) is 10.7. The fourth-order valence-electron chi connectivity index (χ4n) is 2.73. The lowest BCUT2D eigenvalue weighted by atomic mass is 9.92. The van der Waals surface area contributed by atoms with Crippen LogP contribution in [0.2, 0.25) is 0 Å². The third-order valence-electron chi connectivity index (χ3n) is 4.28. The molecule has 0 fully saturated rings. The third kappa shape index (κ3) is 19.4. The first-order valence-corrected chi connectivity index (χ1v) is 11.3. The van der Waals surface area contributed by atoms with Gasteiger partial charge >= 0.3 is 0 Å². The molecule has 1 atom stereocenters. The Kier molecular flexibility index (Phi) is 24.8. The van der Waals surface area contributed by atoms with Gasteiger partial charge in [0.2, 0.25) is 0 Å². The van der Waals surface area contributed by atoms with Crippen molar-refractivity contribution in [2.24, 2.45) is 17.4 Å². The molecule has 5 N–H and O–H groups in total. The van der Waals surface area contributed by atoms with Crippen LogP contribution in [0.4, 0.5) is 0 Å². The molecule has 0 saturated heterocycles. The van der Waals surface area contributed by atoms with Crippen LogP contribution < -0.4 is 16.8 Å². The minimum atomic E-state index is 0.667. The molecule has 29 heavy (non-hydrogen) atoms. The third-order valence-corrected chi connectivity index (χ3v) is 4.28. The van der Waals surface area contributed by atoms with E-state index >= 15 is 0 Å². The Balaban J connectivity index is 0. The summed E-state index contributed by atoms with van der Waals surface area (Å²) in [5, 5.41) is 3.48. The van der Waals surface area contributed by atoms with E-state index in [1.165, 1.54) is 24.0 Å². The van der Waals surface area contributed by atoms with Crippen LogP contribution in [0.15, 0.2) is 66.8 Å². The topological polar surface area (TPSA) is 64.1 Å². The molecule has 0 aliphatic carbocycles. The minimum absolute atomic E-state index is 0.667. The van der Waals surface area contributed by atoms with Crippen LogP contribution in [0.5, 0.6) is 0 Å². The zero-order valence-corrected chi connectivity index (χ0v) is 19.5. The lowest BCUT2D eigenvalue weighted by Gasteiger charge is -2.18. The number of nitrogens with two attached hydrogens (primary N) is 2. The summed E-state index contributed by atoms with van der Waals surface area (Å²) in [4.78, 5) is 0. The van der Waals surface area contributed by atoms with Crippen molar-refractivity contribution in [1.82, 2.24) is 5.32 Å². The van der Waals surface area contributed by atoms with Gasteiger partial charge in [0.1, 0.15) is 0 Å². The molecule has 0 bridgehead atoms. The van der Waals surface area contributed by atoms with Crippen LogP contribution >= 0.6 is 0 Å². The second-order valence-corrected chi connectivity index (χ2v) is 6.69. The Labute approximate surface area is 181 Å². The van der Waals surface area contributed by atoms with Gasteiger partial charge in [-0.25, -0.2) is 0 Å². The Morgan fingerprint density at radius 1 is 1.10 bits per heavy atom. The highest BCUT2D eigenvalue weighted by Gasteiger charge is 2.09. The normalized spacial score (nSPS) is 11.9. The SMILES string of the molecule is C=C/C=C(\C=C/C)CCC(CCc1ccccc1)CNCCN.CC.CCCN. The van der Waals surface area contributed by atoms with E-state index in [1.807, 2.05) is 19.9 Å². The summed E-state index contributed by atoms with van der Waals surface area (Å²) in [6.45, 7) is 15.4. The van der Waals surface area contributed by atoms with Gasteiger partial charge in [0.15, 0.2) is 0 Å². The average Bonchev–Trinajstić information content (AvgIpc) is 2.77. The molecule has 3 nitrogen and oxygen atoms in total. The number of hydrogen-bond acceptors (Lipinski definition) is 3. The monoisotopic (exact) mass is 401 g/mol. The van der Waals surface area contributed by atoms with E-state index in [0.29, 0.717) is 12.5 Å². The van der Waals surface area contributed by atoms with Crippen molar-refractivity contribution in [2.45, 2.75) is 59.8 Å². The highest BCUT2D eigenvalue weighted by atomic mass is 14.9. The van der Waals surface area contributed by atoms with E-state index in [0.717, 1.165) is 38.9 Å². The van der Waals surface area contributed by atoms with Gasteiger partial charge in [-0.3, -0.25) is 0 Å². The van der Waals surface area contributed by atoms with E-state index < -0.39 is 0 Å². The molecule has 1 aromatic carbocycles.